The predicted molar refractivity (Wildman–Crippen MR) is 98.0 cm³/mol. The van der Waals surface area contributed by atoms with E-state index in [9.17, 15) is 0 Å². The molecule has 1 heteroatoms. The maximum absolute atomic E-state index is 7.08. The molecule has 4 aliphatic rings. The number of fused-ring (bicyclic) bond motifs is 5. The monoisotopic (exact) mass is 311 g/mol. The first-order chi connectivity index (χ1) is 11.0. The highest BCUT2D eigenvalue weighted by atomic mass is 14.8. The fourth-order valence-electron chi connectivity index (χ4n) is 6.79. The number of hydrogen-bond donors (Lipinski definition) is 1. The quantitative estimate of drug-likeness (QED) is 0.633. The maximum Gasteiger partial charge on any atom is 0.0406 e. The Kier molecular flexibility index (Phi) is 3.65. The number of allylic oxidation sites excluding steroid dienone is 4. The molecule has 2 N–H and O–H groups in total. The van der Waals surface area contributed by atoms with Gasteiger partial charge in [-0.25, -0.2) is 0 Å². The first-order valence-corrected chi connectivity index (χ1v) is 9.86. The lowest BCUT2D eigenvalue weighted by Gasteiger charge is -2.57. The minimum atomic E-state index is -0.0112. The number of hydrogen-bond acceptors (Lipinski definition) is 1. The highest BCUT2D eigenvalue weighted by molar-refractivity contribution is 5.37. The molecule has 3 fully saturated rings. The highest BCUT2D eigenvalue weighted by Crippen LogP contribution is 2.64. The normalized spacial score (nSPS) is 47.8. The molecule has 23 heavy (non-hydrogen) atoms. The van der Waals surface area contributed by atoms with Gasteiger partial charge in [-0.3, -0.25) is 0 Å². The van der Waals surface area contributed by atoms with Crippen molar-refractivity contribution >= 4 is 0 Å². The molecule has 0 spiro atoms. The number of rotatable bonds is 1. The topological polar surface area (TPSA) is 26.0 Å². The summed E-state index contributed by atoms with van der Waals surface area (Å²) in [6, 6.07) is 0. The first-order valence-electron chi connectivity index (χ1n) is 9.86. The average molecular weight is 312 g/mol. The van der Waals surface area contributed by atoms with Gasteiger partial charge < -0.3 is 5.73 Å². The van der Waals surface area contributed by atoms with Gasteiger partial charge in [0.25, 0.3) is 0 Å². The van der Waals surface area contributed by atoms with E-state index < -0.39 is 0 Å². The Morgan fingerprint density at radius 1 is 1.17 bits per heavy atom. The summed E-state index contributed by atoms with van der Waals surface area (Å²) in [6.07, 6.45) is 16.4. The fraction of sp³-hybridized carbons (Fsp3) is 0.727. The van der Waals surface area contributed by atoms with E-state index in [4.69, 9.17) is 5.73 Å². The van der Waals surface area contributed by atoms with Crippen LogP contribution in [0, 0.1) is 23.2 Å². The van der Waals surface area contributed by atoms with E-state index in [1.54, 1.807) is 5.57 Å². The van der Waals surface area contributed by atoms with E-state index in [2.05, 4.69) is 32.6 Å². The average Bonchev–Trinajstić information content (AvgIpc) is 2.85. The summed E-state index contributed by atoms with van der Waals surface area (Å²) in [5.74, 6) is 2.45. The second-order valence-electron chi connectivity index (χ2n) is 8.92. The summed E-state index contributed by atoms with van der Waals surface area (Å²) in [6.45, 7) is 9.05. The molecule has 0 amide bonds. The number of nitrogens with two attached hydrogens (primary N) is 1. The molecule has 1 nitrogen and oxygen atoms in total. The van der Waals surface area contributed by atoms with Crippen LogP contribution in [0.1, 0.15) is 71.6 Å². The third-order valence-corrected chi connectivity index (χ3v) is 7.98. The van der Waals surface area contributed by atoms with Crippen LogP contribution in [0.15, 0.2) is 35.5 Å². The molecule has 0 aromatic rings. The van der Waals surface area contributed by atoms with Gasteiger partial charge in [-0.15, -0.1) is 0 Å². The molecule has 0 bridgehead atoms. The van der Waals surface area contributed by atoms with Gasteiger partial charge in [0.1, 0.15) is 0 Å². The second kappa shape index (κ2) is 5.34. The molecule has 126 valence electrons. The van der Waals surface area contributed by atoms with E-state index in [1.165, 1.54) is 56.1 Å². The Balaban J connectivity index is 1.67. The van der Waals surface area contributed by atoms with Gasteiger partial charge in [0.2, 0.25) is 0 Å². The maximum atomic E-state index is 7.08. The van der Waals surface area contributed by atoms with Gasteiger partial charge in [0, 0.05) is 5.54 Å². The van der Waals surface area contributed by atoms with Crippen molar-refractivity contribution in [1.29, 1.82) is 0 Å². The second-order valence-corrected chi connectivity index (χ2v) is 8.92. The highest BCUT2D eigenvalue weighted by Gasteiger charge is 2.57. The summed E-state index contributed by atoms with van der Waals surface area (Å²) in [5.41, 5.74) is 12.1. The van der Waals surface area contributed by atoms with Crippen LogP contribution in [0.4, 0.5) is 0 Å². The molecule has 0 aromatic carbocycles. The SMILES string of the molecule is C=C1C=C2CCC3C(CCC4(C)/C(=C/CC)CCC34)C2(N)CC1. The van der Waals surface area contributed by atoms with Crippen molar-refractivity contribution in [2.24, 2.45) is 28.9 Å². The lowest BCUT2D eigenvalue weighted by molar-refractivity contribution is 0.00283. The van der Waals surface area contributed by atoms with Gasteiger partial charge in [-0.05, 0) is 86.5 Å². The van der Waals surface area contributed by atoms with E-state index in [0.717, 1.165) is 30.6 Å². The van der Waals surface area contributed by atoms with Crippen LogP contribution < -0.4 is 5.73 Å². The van der Waals surface area contributed by atoms with E-state index in [1.807, 2.05) is 0 Å². The van der Waals surface area contributed by atoms with Gasteiger partial charge in [-0.1, -0.05) is 43.7 Å². The van der Waals surface area contributed by atoms with Crippen molar-refractivity contribution in [3.05, 3.63) is 35.5 Å². The molecule has 0 radical (unpaired) electrons. The van der Waals surface area contributed by atoms with Crippen LogP contribution in [-0.4, -0.2) is 5.54 Å². The minimum Gasteiger partial charge on any atom is -0.321 e. The van der Waals surface area contributed by atoms with Crippen molar-refractivity contribution in [1.82, 2.24) is 0 Å². The molecule has 0 heterocycles. The summed E-state index contributed by atoms with van der Waals surface area (Å²) < 4.78 is 0. The van der Waals surface area contributed by atoms with E-state index in [-0.39, 0.29) is 5.54 Å². The summed E-state index contributed by atoms with van der Waals surface area (Å²) in [4.78, 5) is 0. The summed E-state index contributed by atoms with van der Waals surface area (Å²) in [5, 5.41) is 0. The van der Waals surface area contributed by atoms with Crippen LogP contribution >= 0.6 is 0 Å². The molecule has 5 unspecified atom stereocenters. The van der Waals surface area contributed by atoms with Crippen LogP contribution in [-0.2, 0) is 0 Å². The molecule has 3 saturated carbocycles. The Labute approximate surface area is 142 Å². The van der Waals surface area contributed by atoms with Crippen molar-refractivity contribution in [2.45, 2.75) is 77.2 Å². The Morgan fingerprint density at radius 2 is 2.00 bits per heavy atom. The van der Waals surface area contributed by atoms with Crippen LogP contribution in [0.2, 0.25) is 0 Å². The third-order valence-electron chi connectivity index (χ3n) is 7.98. The zero-order chi connectivity index (χ0) is 16.2. The molecule has 0 saturated heterocycles. The Hall–Kier alpha value is -0.820. The fourth-order valence-corrected chi connectivity index (χ4v) is 6.79. The predicted octanol–water partition coefficient (Wildman–Crippen LogP) is 5.53. The zero-order valence-electron chi connectivity index (χ0n) is 15.0. The van der Waals surface area contributed by atoms with Gasteiger partial charge in [0.15, 0.2) is 0 Å². The lowest BCUT2D eigenvalue weighted by atomic mass is 9.49. The lowest BCUT2D eigenvalue weighted by Crippen LogP contribution is -2.59. The van der Waals surface area contributed by atoms with Crippen LogP contribution in [0.25, 0.3) is 0 Å². The molecule has 4 aliphatic carbocycles. The first kappa shape index (κ1) is 15.7. The van der Waals surface area contributed by atoms with Gasteiger partial charge in [-0.2, -0.15) is 0 Å². The standard InChI is InChI=1S/C22H33N/c1-4-5-16-7-9-19-18-8-6-17-14-15(2)10-13-22(17,23)20(18)11-12-21(16,19)3/h5,14,18-20H,2,4,6-13,23H2,1,3H3/b16-5+. The molecule has 0 aliphatic heterocycles. The third kappa shape index (κ3) is 2.15. The smallest absolute Gasteiger partial charge is 0.0406 e. The summed E-state index contributed by atoms with van der Waals surface area (Å²) >= 11 is 0. The Bertz CT molecular complexity index is 583. The largest absolute Gasteiger partial charge is 0.321 e. The molecular formula is C22H33N. The van der Waals surface area contributed by atoms with Crippen LogP contribution in [0.5, 0.6) is 0 Å². The molecule has 5 atom stereocenters. The van der Waals surface area contributed by atoms with E-state index in [0.29, 0.717) is 5.41 Å². The van der Waals surface area contributed by atoms with Crippen LogP contribution in [0.3, 0.4) is 0 Å². The van der Waals surface area contributed by atoms with Crippen molar-refractivity contribution in [3.63, 3.8) is 0 Å². The van der Waals surface area contributed by atoms with Crippen molar-refractivity contribution in [3.8, 4) is 0 Å². The minimum absolute atomic E-state index is 0.0112. The molecular weight excluding hydrogens is 278 g/mol. The Morgan fingerprint density at radius 3 is 2.78 bits per heavy atom. The van der Waals surface area contributed by atoms with Gasteiger partial charge in [0.05, 0.1) is 0 Å². The van der Waals surface area contributed by atoms with Crippen molar-refractivity contribution < 1.29 is 0 Å². The van der Waals surface area contributed by atoms with Gasteiger partial charge >= 0.3 is 0 Å². The molecule has 0 aromatic heterocycles. The van der Waals surface area contributed by atoms with E-state index >= 15 is 0 Å². The van der Waals surface area contributed by atoms with Crippen molar-refractivity contribution in [2.75, 3.05) is 0 Å². The summed E-state index contributed by atoms with van der Waals surface area (Å²) in [7, 11) is 0. The molecule has 4 rings (SSSR count). The zero-order valence-corrected chi connectivity index (χ0v) is 15.0.